The van der Waals surface area contributed by atoms with Gasteiger partial charge in [-0.05, 0) is 18.2 Å². The summed E-state index contributed by atoms with van der Waals surface area (Å²) in [5.74, 6) is 3.98. The number of hydrogen-bond acceptors (Lipinski definition) is 2. The Morgan fingerprint density at radius 1 is 1.40 bits per heavy atom. The van der Waals surface area contributed by atoms with E-state index in [9.17, 15) is 18.0 Å². The van der Waals surface area contributed by atoms with Crippen LogP contribution in [0.1, 0.15) is 15.9 Å². The van der Waals surface area contributed by atoms with Gasteiger partial charge in [0.25, 0.3) is 5.91 Å². The van der Waals surface area contributed by atoms with Crippen LogP contribution in [-0.4, -0.2) is 5.91 Å². The van der Waals surface area contributed by atoms with Gasteiger partial charge in [0.05, 0.1) is 10.6 Å². The van der Waals surface area contributed by atoms with E-state index in [-0.39, 0.29) is 5.56 Å². The van der Waals surface area contributed by atoms with Crippen LogP contribution in [0.3, 0.4) is 0 Å². The number of halogens is 4. The molecular formula is C8H6ClF3N2O. The first kappa shape index (κ1) is 11.8. The number of nitrogens with one attached hydrogen (secondary N) is 1. The van der Waals surface area contributed by atoms with Crippen LogP contribution in [0, 0.1) is 0 Å². The Labute approximate surface area is 88.0 Å². The maximum Gasteiger partial charge on any atom is 0.417 e. The summed E-state index contributed by atoms with van der Waals surface area (Å²) >= 11 is 5.35. The van der Waals surface area contributed by atoms with Gasteiger partial charge in [0.15, 0.2) is 0 Å². The van der Waals surface area contributed by atoms with E-state index in [2.05, 4.69) is 0 Å². The highest BCUT2D eigenvalue weighted by molar-refractivity contribution is 6.31. The lowest BCUT2D eigenvalue weighted by Crippen LogP contribution is -2.30. The van der Waals surface area contributed by atoms with E-state index in [0.717, 1.165) is 12.1 Å². The molecule has 7 heteroatoms. The highest BCUT2D eigenvalue weighted by Gasteiger charge is 2.33. The van der Waals surface area contributed by atoms with Crippen molar-refractivity contribution in [2.24, 2.45) is 5.84 Å². The Balaban J connectivity index is 3.23. The van der Waals surface area contributed by atoms with Crippen molar-refractivity contribution in [3.8, 4) is 0 Å². The third-order valence-electron chi connectivity index (χ3n) is 1.67. The third kappa shape index (κ3) is 2.60. The number of nitrogens with two attached hydrogens (primary N) is 1. The van der Waals surface area contributed by atoms with E-state index < -0.39 is 22.7 Å². The molecule has 0 heterocycles. The van der Waals surface area contributed by atoms with Gasteiger partial charge in [-0.3, -0.25) is 10.2 Å². The molecule has 15 heavy (non-hydrogen) atoms. The molecule has 1 aromatic rings. The van der Waals surface area contributed by atoms with Crippen LogP contribution in [0.5, 0.6) is 0 Å². The summed E-state index contributed by atoms with van der Waals surface area (Å²) in [5, 5.41) is -0.462. The maximum atomic E-state index is 12.3. The minimum Gasteiger partial charge on any atom is -0.290 e. The van der Waals surface area contributed by atoms with Crippen molar-refractivity contribution in [3.05, 3.63) is 34.3 Å². The lowest BCUT2D eigenvalue weighted by Gasteiger charge is -2.09. The van der Waals surface area contributed by atoms with Gasteiger partial charge in [0.1, 0.15) is 0 Å². The molecule has 0 aliphatic carbocycles. The lowest BCUT2D eigenvalue weighted by molar-refractivity contribution is -0.137. The van der Waals surface area contributed by atoms with Gasteiger partial charge in [0, 0.05) is 5.56 Å². The van der Waals surface area contributed by atoms with E-state index in [1.54, 1.807) is 5.43 Å². The number of alkyl halides is 3. The van der Waals surface area contributed by atoms with Gasteiger partial charge < -0.3 is 0 Å². The summed E-state index contributed by atoms with van der Waals surface area (Å²) in [4.78, 5) is 11.0. The van der Waals surface area contributed by atoms with Crippen molar-refractivity contribution in [3.63, 3.8) is 0 Å². The normalized spacial score (nSPS) is 11.3. The summed E-state index contributed by atoms with van der Waals surface area (Å²) < 4.78 is 37.0. The lowest BCUT2D eigenvalue weighted by atomic mass is 10.1. The number of hydrazine groups is 1. The first-order chi connectivity index (χ1) is 6.86. The molecule has 1 rings (SSSR count). The van der Waals surface area contributed by atoms with Gasteiger partial charge in [-0.2, -0.15) is 13.2 Å². The summed E-state index contributed by atoms with van der Waals surface area (Å²) in [6.07, 6.45) is -4.60. The molecule has 82 valence electrons. The number of benzene rings is 1. The molecule has 0 atom stereocenters. The molecule has 0 fully saturated rings. The average molecular weight is 239 g/mol. The van der Waals surface area contributed by atoms with Crippen LogP contribution < -0.4 is 11.3 Å². The maximum absolute atomic E-state index is 12.3. The Morgan fingerprint density at radius 3 is 2.47 bits per heavy atom. The molecule has 3 nitrogen and oxygen atoms in total. The number of hydrogen-bond donors (Lipinski definition) is 2. The fraction of sp³-hybridized carbons (Fsp3) is 0.125. The largest absolute Gasteiger partial charge is 0.417 e. The van der Waals surface area contributed by atoms with Crippen molar-refractivity contribution in [2.75, 3.05) is 0 Å². The van der Waals surface area contributed by atoms with Crippen molar-refractivity contribution >= 4 is 17.5 Å². The van der Waals surface area contributed by atoms with E-state index in [0.29, 0.717) is 6.07 Å². The molecule has 0 unspecified atom stereocenters. The molecule has 0 aliphatic heterocycles. The minimum atomic E-state index is -4.60. The van der Waals surface area contributed by atoms with E-state index in [1.165, 1.54) is 0 Å². The predicted molar refractivity (Wildman–Crippen MR) is 48.1 cm³/mol. The average Bonchev–Trinajstić information content (AvgIpc) is 2.15. The highest BCUT2D eigenvalue weighted by atomic mass is 35.5. The molecule has 3 N–H and O–H groups in total. The quantitative estimate of drug-likeness (QED) is 0.446. The van der Waals surface area contributed by atoms with Crippen LogP contribution in [-0.2, 0) is 6.18 Å². The van der Waals surface area contributed by atoms with E-state index in [4.69, 9.17) is 17.4 Å². The number of amides is 1. The fourth-order valence-electron chi connectivity index (χ4n) is 0.967. The van der Waals surface area contributed by atoms with Crippen molar-refractivity contribution in [1.82, 2.24) is 5.43 Å². The predicted octanol–water partition coefficient (Wildman–Crippen LogP) is 1.96. The van der Waals surface area contributed by atoms with E-state index in [1.807, 2.05) is 0 Å². The zero-order valence-electron chi connectivity index (χ0n) is 7.23. The molecule has 0 saturated heterocycles. The molecule has 0 saturated carbocycles. The topological polar surface area (TPSA) is 55.1 Å². The second-order valence-electron chi connectivity index (χ2n) is 2.67. The van der Waals surface area contributed by atoms with Crippen molar-refractivity contribution in [2.45, 2.75) is 6.18 Å². The molecule has 1 amide bonds. The molecular weight excluding hydrogens is 233 g/mol. The number of rotatable bonds is 1. The Bertz CT molecular complexity index is 392. The van der Waals surface area contributed by atoms with E-state index >= 15 is 0 Å². The minimum absolute atomic E-state index is 0.200. The summed E-state index contributed by atoms with van der Waals surface area (Å²) in [6.45, 7) is 0. The van der Waals surface area contributed by atoms with Gasteiger partial charge in [0.2, 0.25) is 0 Å². The Hall–Kier alpha value is -1.27. The Kier molecular flexibility index (Phi) is 3.21. The zero-order chi connectivity index (χ0) is 11.6. The smallest absolute Gasteiger partial charge is 0.290 e. The highest BCUT2D eigenvalue weighted by Crippen LogP contribution is 2.34. The molecule has 0 radical (unpaired) electrons. The number of carbonyl (C=O) groups is 1. The first-order valence-electron chi connectivity index (χ1n) is 3.74. The second kappa shape index (κ2) is 4.08. The number of carbonyl (C=O) groups excluding carboxylic acids is 1. The van der Waals surface area contributed by atoms with Crippen LogP contribution >= 0.6 is 11.6 Å². The summed E-state index contributed by atoms with van der Waals surface area (Å²) in [7, 11) is 0. The molecule has 0 bridgehead atoms. The standard InChI is InChI=1S/C8H6ClF3N2O/c9-6-2-1-4(7(15)14-13)3-5(6)8(10,11)12/h1-3H,13H2,(H,14,15). The molecule has 0 spiro atoms. The zero-order valence-corrected chi connectivity index (χ0v) is 7.99. The van der Waals surface area contributed by atoms with Crippen molar-refractivity contribution in [1.29, 1.82) is 0 Å². The number of nitrogen functional groups attached to an aromatic ring is 1. The second-order valence-corrected chi connectivity index (χ2v) is 3.07. The van der Waals surface area contributed by atoms with Gasteiger partial charge in [-0.1, -0.05) is 11.6 Å². The van der Waals surface area contributed by atoms with Crippen molar-refractivity contribution < 1.29 is 18.0 Å². The molecule has 0 aliphatic rings. The summed E-state index contributed by atoms with van der Waals surface area (Å²) in [5.41, 5.74) is 0.466. The summed E-state index contributed by atoms with van der Waals surface area (Å²) in [6, 6.07) is 2.79. The Morgan fingerprint density at radius 2 is 2.00 bits per heavy atom. The molecule has 0 aromatic heterocycles. The van der Waals surface area contributed by atoms with Crippen LogP contribution in [0.25, 0.3) is 0 Å². The van der Waals surface area contributed by atoms with Crippen LogP contribution in [0.4, 0.5) is 13.2 Å². The first-order valence-corrected chi connectivity index (χ1v) is 4.11. The van der Waals surface area contributed by atoms with Crippen LogP contribution in [0.15, 0.2) is 18.2 Å². The monoisotopic (exact) mass is 238 g/mol. The van der Waals surface area contributed by atoms with Gasteiger partial charge in [-0.15, -0.1) is 0 Å². The third-order valence-corrected chi connectivity index (χ3v) is 1.99. The van der Waals surface area contributed by atoms with Gasteiger partial charge in [-0.25, -0.2) is 5.84 Å². The molecule has 1 aromatic carbocycles. The fourth-order valence-corrected chi connectivity index (χ4v) is 1.19. The van der Waals surface area contributed by atoms with Crippen LogP contribution in [0.2, 0.25) is 5.02 Å². The SMILES string of the molecule is NNC(=O)c1ccc(Cl)c(C(F)(F)F)c1. The van der Waals surface area contributed by atoms with Gasteiger partial charge >= 0.3 is 6.18 Å².